The minimum atomic E-state index is -0.238. The molecule has 0 aliphatic heterocycles. The monoisotopic (exact) mass is 254 g/mol. The van der Waals surface area contributed by atoms with E-state index in [2.05, 4.69) is 38.0 Å². The van der Waals surface area contributed by atoms with E-state index in [4.69, 9.17) is 0 Å². The molecule has 0 unspecified atom stereocenters. The van der Waals surface area contributed by atoms with Gasteiger partial charge in [-0.3, -0.25) is 4.79 Å². The summed E-state index contributed by atoms with van der Waals surface area (Å²) < 4.78 is 0. The number of nitrogens with one attached hydrogen (secondary N) is 2. The lowest BCUT2D eigenvalue weighted by atomic mass is 9.82. The summed E-state index contributed by atoms with van der Waals surface area (Å²) in [6.07, 6.45) is 0.911. The largest absolute Gasteiger partial charge is 0.376 e. The molecule has 18 heavy (non-hydrogen) atoms. The summed E-state index contributed by atoms with van der Waals surface area (Å²) in [5, 5.41) is 6.13. The Balaban J connectivity index is 4.52. The molecule has 0 radical (unpaired) electrons. The van der Waals surface area contributed by atoms with Gasteiger partial charge in [-0.05, 0) is 46.5 Å². The van der Waals surface area contributed by atoms with Crippen molar-refractivity contribution >= 4 is 5.91 Å². The van der Waals surface area contributed by atoms with Crippen molar-refractivity contribution in [2.45, 2.75) is 72.9 Å². The van der Waals surface area contributed by atoms with Crippen LogP contribution in [0.3, 0.4) is 0 Å². The quantitative estimate of drug-likeness (QED) is 0.756. The second-order valence-electron chi connectivity index (χ2n) is 7.93. The number of carbonyl (C=O) groups is 1. The fourth-order valence-corrected chi connectivity index (χ4v) is 2.26. The molecule has 0 rings (SSSR count). The second kappa shape index (κ2) is 5.33. The number of hydrogen-bond donors (Lipinski definition) is 2. The Bertz CT molecular complexity index is 316. The molecule has 0 bridgehead atoms. The Hall–Kier alpha value is -0.990. The molecular formula is C15H30N2O. The Kier molecular flexibility index (Phi) is 5.04. The molecule has 0 aliphatic carbocycles. The smallest absolute Gasteiger partial charge is 0.267 e. The molecule has 3 nitrogen and oxygen atoms in total. The van der Waals surface area contributed by atoms with Crippen LogP contribution < -0.4 is 10.6 Å². The summed E-state index contributed by atoms with van der Waals surface area (Å²) in [6, 6.07) is 0. The van der Waals surface area contributed by atoms with Crippen molar-refractivity contribution in [3.63, 3.8) is 0 Å². The zero-order chi connectivity index (χ0) is 14.8. The Morgan fingerprint density at radius 1 is 0.944 bits per heavy atom. The molecule has 0 aromatic rings. The van der Waals surface area contributed by atoms with Crippen molar-refractivity contribution in [1.29, 1.82) is 0 Å². The van der Waals surface area contributed by atoms with Crippen LogP contribution in [0.2, 0.25) is 0 Å². The van der Waals surface area contributed by atoms with Crippen LogP contribution in [0.4, 0.5) is 0 Å². The van der Waals surface area contributed by atoms with E-state index in [1.165, 1.54) is 0 Å². The van der Waals surface area contributed by atoms with Gasteiger partial charge in [-0.25, -0.2) is 0 Å². The van der Waals surface area contributed by atoms with Gasteiger partial charge in [0.2, 0.25) is 0 Å². The molecule has 0 aromatic carbocycles. The van der Waals surface area contributed by atoms with Crippen molar-refractivity contribution in [2.75, 3.05) is 0 Å². The number of carbonyl (C=O) groups excluding carboxylic acids is 1. The topological polar surface area (TPSA) is 41.1 Å². The third-order valence-electron chi connectivity index (χ3n) is 2.22. The first kappa shape index (κ1) is 17.0. The van der Waals surface area contributed by atoms with Crippen molar-refractivity contribution < 1.29 is 4.79 Å². The van der Waals surface area contributed by atoms with Crippen LogP contribution in [0.25, 0.3) is 0 Å². The first-order valence-electron chi connectivity index (χ1n) is 6.51. The van der Waals surface area contributed by atoms with Crippen LogP contribution in [0.5, 0.6) is 0 Å². The molecule has 3 heteroatoms. The fourth-order valence-electron chi connectivity index (χ4n) is 2.26. The summed E-state index contributed by atoms with van der Waals surface area (Å²) in [5.41, 5.74) is 0.209. The van der Waals surface area contributed by atoms with Gasteiger partial charge in [0.1, 0.15) is 0 Å². The Morgan fingerprint density at radius 3 is 1.72 bits per heavy atom. The van der Waals surface area contributed by atoms with Gasteiger partial charge in [-0.1, -0.05) is 27.4 Å². The lowest BCUT2D eigenvalue weighted by molar-refractivity contribution is -0.119. The lowest BCUT2D eigenvalue weighted by Gasteiger charge is -2.34. The molecule has 0 saturated carbocycles. The van der Waals surface area contributed by atoms with Gasteiger partial charge >= 0.3 is 0 Å². The molecule has 1 amide bonds. The van der Waals surface area contributed by atoms with E-state index in [0.29, 0.717) is 5.70 Å². The zero-order valence-electron chi connectivity index (χ0n) is 13.3. The predicted molar refractivity (Wildman–Crippen MR) is 78.3 cm³/mol. The van der Waals surface area contributed by atoms with E-state index >= 15 is 0 Å². The molecule has 0 fully saturated rings. The first-order chi connectivity index (χ1) is 7.72. The predicted octanol–water partition coefficient (Wildman–Crippen LogP) is 3.22. The zero-order valence-corrected chi connectivity index (χ0v) is 13.3. The third kappa shape index (κ3) is 8.15. The summed E-state index contributed by atoms with van der Waals surface area (Å²) in [6.45, 7) is 20.4. The highest BCUT2D eigenvalue weighted by atomic mass is 16.2. The van der Waals surface area contributed by atoms with Gasteiger partial charge in [0.25, 0.3) is 5.91 Å². The van der Waals surface area contributed by atoms with Gasteiger partial charge in [-0.2, -0.15) is 0 Å². The second-order valence-corrected chi connectivity index (χ2v) is 7.93. The number of rotatable bonds is 4. The number of amides is 1. The molecule has 106 valence electrons. The van der Waals surface area contributed by atoms with Crippen molar-refractivity contribution in [1.82, 2.24) is 10.6 Å². The number of hydrogen-bond acceptors (Lipinski definition) is 2. The van der Waals surface area contributed by atoms with Crippen molar-refractivity contribution in [3.8, 4) is 0 Å². The minimum absolute atomic E-state index is 0.126. The average molecular weight is 254 g/mol. The summed E-state index contributed by atoms with van der Waals surface area (Å²) in [5.74, 6) is -0.126. The van der Waals surface area contributed by atoms with Crippen LogP contribution in [0.15, 0.2) is 12.3 Å². The van der Waals surface area contributed by atoms with Gasteiger partial charge < -0.3 is 10.6 Å². The van der Waals surface area contributed by atoms with E-state index < -0.39 is 0 Å². The standard InChI is InChI=1S/C15H30N2O/c1-11(16-14(5,6)7)12(18)17-15(8,9)10-13(2,3)4/h16H,1,10H2,2-9H3,(H,17,18). The van der Waals surface area contributed by atoms with Crippen LogP contribution in [-0.4, -0.2) is 17.0 Å². The fraction of sp³-hybridized carbons (Fsp3) is 0.800. The van der Waals surface area contributed by atoms with Crippen LogP contribution in [0.1, 0.15) is 61.8 Å². The van der Waals surface area contributed by atoms with Gasteiger partial charge in [0, 0.05) is 11.1 Å². The van der Waals surface area contributed by atoms with Crippen molar-refractivity contribution in [2.24, 2.45) is 5.41 Å². The van der Waals surface area contributed by atoms with Crippen molar-refractivity contribution in [3.05, 3.63) is 12.3 Å². The summed E-state index contributed by atoms with van der Waals surface area (Å²) in [4.78, 5) is 12.0. The van der Waals surface area contributed by atoms with Crippen LogP contribution >= 0.6 is 0 Å². The van der Waals surface area contributed by atoms with Gasteiger partial charge in [0.15, 0.2) is 0 Å². The van der Waals surface area contributed by atoms with E-state index in [-0.39, 0.29) is 22.4 Å². The molecule has 0 aliphatic rings. The molecule has 2 N–H and O–H groups in total. The molecule has 0 aromatic heterocycles. The van der Waals surface area contributed by atoms with Crippen LogP contribution in [-0.2, 0) is 4.79 Å². The molecule has 0 atom stereocenters. The maximum atomic E-state index is 12.0. The maximum Gasteiger partial charge on any atom is 0.267 e. The molecule has 0 saturated heterocycles. The van der Waals surface area contributed by atoms with Crippen LogP contribution in [0, 0.1) is 5.41 Å². The average Bonchev–Trinajstić information content (AvgIpc) is 1.93. The summed E-state index contributed by atoms with van der Waals surface area (Å²) >= 11 is 0. The Morgan fingerprint density at radius 2 is 1.39 bits per heavy atom. The van der Waals surface area contributed by atoms with Gasteiger partial charge in [0.05, 0.1) is 5.70 Å². The highest BCUT2D eigenvalue weighted by Crippen LogP contribution is 2.26. The highest BCUT2D eigenvalue weighted by molar-refractivity contribution is 5.92. The third-order valence-corrected chi connectivity index (χ3v) is 2.22. The minimum Gasteiger partial charge on any atom is -0.376 e. The SMILES string of the molecule is C=C(NC(C)(C)C)C(=O)NC(C)(C)CC(C)(C)C. The van der Waals surface area contributed by atoms with E-state index in [1.807, 2.05) is 34.6 Å². The highest BCUT2D eigenvalue weighted by Gasteiger charge is 2.28. The lowest BCUT2D eigenvalue weighted by Crippen LogP contribution is -2.49. The first-order valence-corrected chi connectivity index (χ1v) is 6.51. The normalized spacial score (nSPS) is 13.1. The molecular weight excluding hydrogens is 224 g/mol. The summed E-state index contributed by atoms with van der Waals surface area (Å²) in [7, 11) is 0. The van der Waals surface area contributed by atoms with E-state index in [0.717, 1.165) is 6.42 Å². The van der Waals surface area contributed by atoms with Gasteiger partial charge in [-0.15, -0.1) is 0 Å². The maximum absolute atomic E-state index is 12.0. The van der Waals surface area contributed by atoms with E-state index in [9.17, 15) is 4.79 Å². The molecule has 0 heterocycles. The molecule has 0 spiro atoms. The Labute approximate surface area is 112 Å². The van der Waals surface area contributed by atoms with E-state index in [1.54, 1.807) is 0 Å².